The van der Waals surface area contributed by atoms with E-state index in [0.717, 1.165) is 24.8 Å². The monoisotopic (exact) mass is 465 g/mol. The lowest BCUT2D eigenvalue weighted by Crippen LogP contribution is -2.30. The highest BCUT2D eigenvalue weighted by Gasteiger charge is 2.46. The molecule has 6 nitrogen and oxygen atoms in total. The fourth-order valence-electron chi connectivity index (χ4n) is 4.31. The third-order valence-corrected chi connectivity index (χ3v) is 6.27. The van der Waals surface area contributed by atoms with Crippen LogP contribution in [0.1, 0.15) is 69.7 Å². The summed E-state index contributed by atoms with van der Waals surface area (Å²) < 4.78 is 10.9. The van der Waals surface area contributed by atoms with Gasteiger partial charge in [-0.2, -0.15) is 0 Å². The number of likely N-dealkylation sites (tertiary alicyclic amines) is 1. The Bertz CT molecular complexity index is 1100. The molecule has 6 heteroatoms. The molecular formula is C28H35NO5. The summed E-state index contributed by atoms with van der Waals surface area (Å²) >= 11 is 0. The average molecular weight is 466 g/mol. The number of rotatable bonds is 8. The Hall–Kier alpha value is -3.28. The standard InChI is InChI=1S/C28H35NO5/c1-7-8-9-15-29-24(18-11-10-12-20(16-18)33-5)23(26(31)27(29)32)25(30)21-17-19(28(2,3)4)13-14-22(21)34-6/h10-14,16-17,24,30H,7-9,15H2,1-6H3/b25-23+. The van der Waals surface area contributed by atoms with Crippen molar-refractivity contribution in [2.75, 3.05) is 20.8 Å². The van der Waals surface area contributed by atoms with Crippen molar-refractivity contribution in [2.45, 2.75) is 58.4 Å². The number of ether oxygens (including phenoxy) is 2. The van der Waals surface area contributed by atoms with Crippen molar-refractivity contribution in [2.24, 2.45) is 0 Å². The van der Waals surface area contributed by atoms with Gasteiger partial charge in [0.1, 0.15) is 17.3 Å². The molecule has 3 rings (SSSR count). The lowest BCUT2D eigenvalue weighted by Gasteiger charge is -2.26. The highest BCUT2D eigenvalue weighted by atomic mass is 16.5. The second-order valence-electron chi connectivity index (χ2n) is 9.64. The maximum absolute atomic E-state index is 13.3. The molecule has 0 bridgehead atoms. The number of methoxy groups -OCH3 is 2. The largest absolute Gasteiger partial charge is 0.507 e. The van der Waals surface area contributed by atoms with E-state index in [9.17, 15) is 14.7 Å². The molecule has 0 aliphatic carbocycles. The predicted octanol–water partition coefficient (Wildman–Crippen LogP) is 5.61. The quantitative estimate of drug-likeness (QED) is 0.237. The first-order chi connectivity index (χ1) is 16.1. The third kappa shape index (κ3) is 4.96. The summed E-state index contributed by atoms with van der Waals surface area (Å²) in [6.07, 6.45) is 2.70. The Balaban J connectivity index is 2.24. The molecule has 1 saturated heterocycles. The zero-order valence-electron chi connectivity index (χ0n) is 21.0. The maximum atomic E-state index is 13.3. The molecular weight excluding hydrogens is 430 g/mol. The van der Waals surface area contributed by atoms with Gasteiger partial charge in [0.2, 0.25) is 0 Å². The zero-order valence-corrected chi connectivity index (χ0v) is 21.0. The van der Waals surface area contributed by atoms with Crippen LogP contribution in [0.3, 0.4) is 0 Å². The van der Waals surface area contributed by atoms with E-state index in [-0.39, 0.29) is 16.7 Å². The number of Topliss-reactive ketones (excluding diaryl/α,β-unsaturated/α-hetero) is 1. The first kappa shape index (κ1) is 25.3. The van der Waals surface area contributed by atoms with E-state index in [0.29, 0.717) is 29.2 Å². The molecule has 1 fully saturated rings. The number of aliphatic hydroxyl groups excluding tert-OH is 1. The van der Waals surface area contributed by atoms with Gasteiger partial charge in [0.25, 0.3) is 11.7 Å². The number of aliphatic hydroxyl groups is 1. The number of hydrogen-bond acceptors (Lipinski definition) is 5. The van der Waals surface area contributed by atoms with Crippen molar-refractivity contribution in [1.82, 2.24) is 4.90 Å². The minimum absolute atomic E-state index is 0.0686. The molecule has 1 amide bonds. The second-order valence-corrected chi connectivity index (χ2v) is 9.64. The Labute approximate surface area is 202 Å². The van der Waals surface area contributed by atoms with Crippen LogP contribution in [0.25, 0.3) is 5.76 Å². The Morgan fingerprint density at radius 2 is 1.76 bits per heavy atom. The molecule has 0 radical (unpaired) electrons. The fourth-order valence-corrected chi connectivity index (χ4v) is 4.31. The minimum atomic E-state index is -0.713. The smallest absolute Gasteiger partial charge is 0.295 e. The highest BCUT2D eigenvalue weighted by molar-refractivity contribution is 6.46. The van der Waals surface area contributed by atoms with E-state index in [1.165, 1.54) is 7.11 Å². The molecule has 1 aliphatic heterocycles. The highest BCUT2D eigenvalue weighted by Crippen LogP contribution is 2.42. The van der Waals surface area contributed by atoms with Crippen LogP contribution in [-0.2, 0) is 15.0 Å². The van der Waals surface area contributed by atoms with E-state index in [1.54, 1.807) is 24.1 Å². The zero-order chi connectivity index (χ0) is 25.0. The van der Waals surface area contributed by atoms with Gasteiger partial charge in [-0.15, -0.1) is 0 Å². The number of benzene rings is 2. The lowest BCUT2D eigenvalue weighted by atomic mass is 9.85. The molecule has 2 aromatic carbocycles. The molecule has 182 valence electrons. The van der Waals surface area contributed by atoms with Gasteiger partial charge >= 0.3 is 0 Å². The summed E-state index contributed by atoms with van der Waals surface area (Å²) in [5.74, 6) is -0.468. The van der Waals surface area contributed by atoms with Gasteiger partial charge in [0, 0.05) is 6.54 Å². The Kier molecular flexibility index (Phi) is 7.70. The van der Waals surface area contributed by atoms with Crippen LogP contribution in [0.5, 0.6) is 11.5 Å². The van der Waals surface area contributed by atoms with Crippen LogP contribution < -0.4 is 9.47 Å². The molecule has 2 aromatic rings. The molecule has 0 aromatic heterocycles. The van der Waals surface area contributed by atoms with Gasteiger partial charge in [-0.1, -0.05) is 58.7 Å². The first-order valence-corrected chi connectivity index (χ1v) is 11.7. The van der Waals surface area contributed by atoms with E-state index in [1.807, 2.05) is 30.3 Å². The average Bonchev–Trinajstić information content (AvgIpc) is 3.07. The topological polar surface area (TPSA) is 76.1 Å². The van der Waals surface area contributed by atoms with E-state index < -0.39 is 17.7 Å². The van der Waals surface area contributed by atoms with Crippen molar-refractivity contribution in [3.63, 3.8) is 0 Å². The molecule has 1 heterocycles. The Morgan fingerprint density at radius 3 is 2.38 bits per heavy atom. The summed E-state index contributed by atoms with van der Waals surface area (Å²) in [6, 6.07) is 12.1. The molecule has 34 heavy (non-hydrogen) atoms. The van der Waals surface area contributed by atoms with E-state index >= 15 is 0 Å². The van der Waals surface area contributed by atoms with Gasteiger partial charge in [-0.25, -0.2) is 0 Å². The number of carbonyl (C=O) groups is 2. The van der Waals surface area contributed by atoms with Crippen molar-refractivity contribution in [3.05, 3.63) is 64.7 Å². The number of amides is 1. The molecule has 1 unspecified atom stereocenters. The SMILES string of the molecule is CCCCCN1C(=O)C(=O)/C(=C(/O)c2cc(C(C)(C)C)ccc2OC)C1c1cccc(OC)c1. The lowest BCUT2D eigenvalue weighted by molar-refractivity contribution is -0.139. The van der Waals surface area contributed by atoms with Gasteiger partial charge in [-0.3, -0.25) is 9.59 Å². The van der Waals surface area contributed by atoms with Crippen molar-refractivity contribution >= 4 is 17.4 Å². The van der Waals surface area contributed by atoms with E-state index in [4.69, 9.17) is 9.47 Å². The van der Waals surface area contributed by atoms with Gasteiger partial charge in [0.05, 0.1) is 31.4 Å². The molecule has 1 aliphatic rings. The van der Waals surface area contributed by atoms with Crippen LogP contribution in [-0.4, -0.2) is 42.5 Å². The van der Waals surface area contributed by atoms with Gasteiger partial charge in [-0.05, 0) is 47.2 Å². The minimum Gasteiger partial charge on any atom is -0.507 e. The van der Waals surface area contributed by atoms with Crippen molar-refractivity contribution in [3.8, 4) is 11.5 Å². The molecule has 0 spiro atoms. The second kappa shape index (κ2) is 10.3. The normalized spacial score (nSPS) is 17.8. The van der Waals surface area contributed by atoms with Gasteiger partial charge < -0.3 is 19.5 Å². The van der Waals surface area contributed by atoms with Crippen LogP contribution in [0.15, 0.2) is 48.0 Å². The number of carbonyl (C=O) groups excluding carboxylic acids is 2. The number of ketones is 1. The van der Waals surface area contributed by atoms with Crippen LogP contribution >= 0.6 is 0 Å². The summed E-state index contributed by atoms with van der Waals surface area (Å²) in [6.45, 7) is 8.73. The van der Waals surface area contributed by atoms with Crippen LogP contribution in [0.2, 0.25) is 0 Å². The molecule has 0 saturated carbocycles. The summed E-state index contributed by atoms with van der Waals surface area (Å²) in [7, 11) is 3.09. The van der Waals surface area contributed by atoms with E-state index in [2.05, 4.69) is 27.7 Å². The van der Waals surface area contributed by atoms with Crippen molar-refractivity contribution in [1.29, 1.82) is 0 Å². The summed E-state index contributed by atoms with van der Waals surface area (Å²) in [5.41, 5.74) is 1.97. The number of hydrogen-bond donors (Lipinski definition) is 1. The molecule has 1 atom stereocenters. The van der Waals surface area contributed by atoms with Crippen molar-refractivity contribution < 1.29 is 24.2 Å². The third-order valence-electron chi connectivity index (χ3n) is 6.27. The molecule has 1 N–H and O–H groups in total. The maximum Gasteiger partial charge on any atom is 0.295 e. The Morgan fingerprint density at radius 1 is 1.03 bits per heavy atom. The number of nitrogens with zero attached hydrogens (tertiary/aromatic N) is 1. The van der Waals surface area contributed by atoms with Gasteiger partial charge in [0.15, 0.2) is 0 Å². The van der Waals surface area contributed by atoms with Crippen LogP contribution in [0, 0.1) is 0 Å². The summed E-state index contributed by atoms with van der Waals surface area (Å²) in [4.78, 5) is 28.0. The fraction of sp³-hybridized carbons (Fsp3) is 0.429. The number of unbranched alkanes of at least 4 members (excludes halogenated alkanes) is 2. The van der Waals surface area contributed by atoms with Crippen LogP contribution in [0.4, 0.5) is 0 Å². The predicted molar refractivity (Wildman–Crippen MR) is 133 cm³/mol. The summed E-state index contributed by atoms with van der Waals surface area (Å²) in [5, 5.41) is 11.5. The first-order valence-electron chi connectivity index (χ1n) is 11.7.